The van der Waals surface area contributed by atoms with E-state index in [1.54, 1.807) is 0 Å². The Kier molecular flexibility index (Phi) is 5.81. The van der Waals surface area contributed by atoms with Crippen LogP contribution in [0, 0.1) is 0 Å². The first-order chi connectivity index (χ1) is 8.85. The minimum absolute atomic E-state index is 0.157. The number of methoxy groups -OCH3 is 1. The minimum Gasteiger partial charge on any atom is -0.468 e. The van der Waals surface area contributed by atoms with Crippen molar-refractivity contribution in [2.45, 2.75) is 64.5 Å². The molecule has 1 rings (SSSR count). The number of hydrogen-bond donors (Lipinski definition) is 1. The summed E-state index contributed by atoms with van der Waals surface area (Å²) in [5.41, 5.74) is -0.229. The molecule has 0 radical (unpaired) electrons. The summed E-state index contributed by atoms with van der Waals surface area (Å²) < 4.78 is 4.92. The summed E-state index contributed by atoms with van der Waals surface area (Å²) in [7, 11) is 1.46. The van der Waals surface area contributed by atoms with Gasteiger partial charge in [0.1, 0.15) is 5.54 Å². The molecular weight excluding hydrogens is 240 g/mol. The van der Waals surface area contributed by atoms with Gasteiger partial charge in [-0.05, 0) is 66.1 Å². The average Bonchev–Trinajstić information content (AvgIpc) is 2.68. The Hall–Kier alpha value is -0.610. The molecule has 0 saturated carbocycles. The molecule has 1 heterocycles. The van der Waals surface area contributed by atoms with Crippen LogP contribution < -0.4 is 5.32 Å². The van der Waals surface area contributed by atoms with E-state index < -0.39 is 5.54 Å². The fourth-order valence-electron chi connectivity index (χ4n) is 3.08. The maximum Gasteiger partial charge on any atom is 0.325 e. The number of carbonyl (C=O) groups is 1. The molecule has 0 spiro atoms. The molecule has 0 aromatic rings. The topological polar surface area (TPSA) is 41.6 Å². The van der Waals surface area contributed by atoms with Gasteiger partial charge in [-0.15, -0.1) is 0 Å². The number of likely N-dealkylation sites (tertiary alicyclic amines) is 1. The van der Waals surface area contributed by atoms with E-state index in [1.165, 1.54) is 26.5 Å². The Bertz CT molecular complexity index is 305. The van der Waals surface area contributed by atoms with Crippen molar-refractivity contribution < 1.29 is 9.53 Å². The molecule has 0 bridgehead atoms. The third kappa shape index (κ3) is 4.18. The first-order valence-corrected chi connectivity index (χ1v) is 7.44. The average molecular weight is 270 g/mol. The Morgan fingerprint density at radius 1 is 1.47 bits per heavy atom. The first-order valence-electron chi connectivity index (χ1n) is 7.44. The number of nitrogens with zero attached hydrogens (tertiary/aromatic N) is 1. The Morgan fingerprint density at radius 2 is 2.16 bits per heavy atom. The minimum atomic E-state index is -0.548. The van der Waals surface area contributed by atoms with Crippen LogP contribution in [0.3, 0.4) is 0 Å². The maximum absolute atomic E-state index is 11.9. The molecule has 0 aliphatic carbocycles. The Morgan fingerprint density at radius 3 is 2.63 bits per heavy atom. The van der Waals surface area contributed by atoms with Crippen LogP contribution in [0.1, 0.15) is 53.4 Å². The molecule has 19 heavy (non-hydrogen) atoms. The lowest BCUT2D eigenvalue weighted by atomic mass is 9.95. The van der Waals surface area contributed by atoms with Gasteiger partial charge in [0.15, 0.2) is 0 Å². The number of ether oxygens (including phenoxy) is 1. The van der Waals surface area contributed by atoms with Gasteiger partial charge >= 0.3 is 5.97 Å². The van der Waals surface area contributed by atoms with Crippen LogP contribution in [0.4, 0.5) is 0 Å². The van der Waals surface area contributed by atoms with Crippen LogP contribution in [-0.4, -0.2) is 48.7 Å². The molecule has 1 fully saturated rings. The zero-order chi connectivity index (χ0) is 14.5. The normalized spacial score (nSPS) is 22.2. The lowest BCUT2D eigenvalue weighted by Gasteiger charge is -2.33. The fourth-order valence-corrected chi connectivity index (χ4v) is 3.08. The highest BCUT2D eigenvalue weighted by Crippen LogP contribution is 2.28. The van der Waals surface area contributed by atoms with Gasteiger partial charge in [0.2, 0.25) is 0 Å². The standard InChI is InChI=1S/C15H30N2O2/c1-6-16-15(4,13(18)19-5)10-8-12-17-11-7-9-14(17,2)3/h16H,6-12H2,1-5H3. The molecular formula is C15H30N2O2. The lowest BCUT2D eigenvalue weighted by molar-refractivity contribution is -0.148. The second-order valence-electron chi connectivity index (χ2n) is 6.36. The van der Waals surface area contributed by atoms with E-state index in [9.17, 15) is 4.79 Å². The van der Waals surface area contributed by atoms with E-state index >= 15 is 0 Å². The molecule has 4 heteroatoms. The monoisotopic (exact) mass is 270 g/mol. The molecule has 1 saturated heterocycles. The van der Waals surface area contributed by atoms with Gasteiger partial charge in [0.05, 0.1) is 7.11 Å². The van der Waals surface area contributed by atoms with Crippen LogP contribution in [0.2, 0.25) is 0 Å². The highest BCUT2D eigenvalue weighted by Gasteiger charge is 2.35. The van der Waals surface area contributed by atoms with Crippen LogP contribution >= 0.6 is 0 Å². The fraction of sp³-hybridized carbons (Fsp3) is 0.933. The third-order valence-electron chi connectivity index (χ3n) is 4.38. The predicted molar refractivity (Wildman–Crippen MR) is 78.2 cm³/mol. The zero-order valence-electron chi connectivity index (χ0n) is 13.2. The van der Waals surface area contributed by atoms with Crippen LogP contribution in [0.5, 0.6) is 0 Å². The highest BCUT2D eigenvalue weighted by atomic mass is 16.5. The van der Waals surface area contributed by atoms with Gasteiger partial charge in [-0.1, -0.05) is 6.92 Å². The van der Waals surface area contributed by atoms with Crippen molar-refractivity contribution in [3.05, 3.63) is 0 Å². The van der Waals surface area contributed by atoms with Gasteiger partial charge < -0.3 is 10.1 Å². The predicted octanol–water partition coefficient (Wildman–Crippen LogP) is 2.18. The molecule has 0 amide bonds. The van der Waals surface area contributed by atoms with Crippen molar-refractivity contribution in [2.75, 3.05) is 26.7 Å². The quantitative estimate of drug-likeness (QED) is 0.720. The second-order valence-corrected chi connectivity index (χ2v) is 6.36. The van der Waals surface area contributed by atoms with E-state index in [0.717, 1.165) is 25.9 Å². The van der Waals surface area contributed by atoms with Gasteiger partial charge in [0, 0.05) is 5.54 Å². The number of carbonyl (C=O) groups excluding carboxylic acids is 1. The number of esters is 1. The van der Waals surface area contributed by atoms with Crippen molar-refractivity contribution in [2.24, 2.45) is 0 Å². The van der Waals surface area contributed by atoms with E-state index in [4.69, 9.17) is 4.74 Å². The van der Waals surface area contributed by atoms with Crippen LogP contribution in [-0.2, 0) is 9.53 Å². The molecule has 1 aliphatic heterocycles. The summed E-state index contributed by atoms with van der Waals surface area (Å²) in [6.07, 6.45) is 4.39. The van der Waals surface area contributed by atoms with Crippen molar-refractivity contribution in [3.63, 3.8) is 0 Å². The van der Waals surface area contributed by atoms with Gasteiger partial charge in [-0.3, -0.25) is 9.69 Å². The van der Waals surface area contributed by atoms with Gasteiger partial charge in [-0.2, -0.15) is 0 Å². The second kappa shape index (κ2) is 6.71. The largest absolute Gasteiger partial charge is 0.468 e. The van der Waals surface area contributed by atoms with Crippen LogP contribution in [0.15, 0.2) is 0 Å². The highest BCUT2D eigenvalue weighted by molar-refractivity contribution is 5.80. The van der Waals surface area contributed by atoms with Crippen molar-refractivity contribution in [3.8, 4) is 0 Å². The summed E-state index contributed by atoms with van der Waals surface area (Å²) in [6.45, 7) is 11.6. The number of hydrogen-bond acceptors (Lipinski definition) is 4. The molecule has 1 aliphatic rings. The van der Waals surface area contributed by atoms with Gasteiger partial charge in [-0.25, -0.2) is 0 Å². The molecule has 1 N–H and O–H groups in total. The molecule has 0 aromatic carbocycles. The van der Waals surface area contributed by atoms with Crippen molar-refractivity contribution >= 4 is 5.97 Å². The third-order valence-corrected chi connectivity index (χ3v) is 4.38. The van der Waals surface area contributed by atoms with E-state index in [-0.39, 0.29) is 5.97 Å². The Labute approximate surface area is 117 Å². The van der Waals surface area contributed by atoms with Crippen molar-refractivity contribution in [1.82, 2.24) is 10.2 Å². The molecule has 1 atom stereocenters. The number of likely N-dealkylation sites (N-methyl/N-ethyl adjacent to an activating group) is 1. The van der Waals surface area contributed by atoms with E-state index in [1.807, 2.05) is 13.8 Å². The molecule has 4 nitrogen and oxygen atoms in total. The maximum atomic E-state index is 11.9. The summed E-state index contributed by atoms with van der Waals surface area (Å²) in [5.74, 6) is -0.157. The molecule has 0 aromatic heterocycles. The van der Waals surface area contributed by atoms with E-state index in [2.05, 4.69) is 24.1 Å². The summed E-state index contributed by atoms with van der Waals surface area (Å²) in [4.78, 5) is 14.4. The molecule has 112 valence electrons. The lowest BCUT2D eigenvalue weighted by Crippen LogP contribution is -2.50. The number of nitrogens with one attached hydrogen (secondary N) is 1. The zero-order valence-corrected chi connectivity index (χ0v) is 13.2. The Balaban J connectivity index is 2.47. The summed E-state index contributed by atoms with van der Waals surface area (Å²) in [5, 5.41) is 3.26. The van der Waals surface area contributed by atoms with Gasteiger partial charge in [0.25, 0.3) is 0 Å². The molecule has 1 unspecified atom stereocenters. The first kappa shape index (κ1) is 16.4. The smallest absolute Gasteiger partial charge is 0.325 e. The number of rotatable bonds is 7. The van der Waals surface area contributed by atoms with E-state index in [0.29, 0.717) is 5.54 Å². The van der Waals surface area contributed by atoms with Crippen molar-refractivity contribution in [1.29, 1.82) is 0 Å². The SMILES string of the molecule is CCNC(C)(CCCN1CCCC1(C)C)C(=O)OC. The summed E-state index contributed by atoms with van der Waals surface area (Å²) in [6, 6.07) is 0. The summed E-state index contributed by atoms with van der Waals surface area (Å²) >= 11 is 0. The van der Waals surface area contributed by atoms with Crippen LogP contribution in [0.25, 0.3) is 0 Å².